The molecule has 1 aliphatic rings. The Hall–Kier alpha value is -3.15. The van der Waals surface area contributed by atoms with E-state index in [2.05, 4.69) is 20.5 Å². The predicted octanol–water partition coefficient (Wildman–Crippen LogP) is 4.53. The molecule has 0 unspecified atom stereocenters. The van der Waals surface area contributed by atoms with Gasteiger partial charge in [-0.1, -0.05) is 30.0 Å². The molecule has 0 spiro atoms. The van der Waals surface area contributed by atoms with E-state index in [1.807, 2.05) is 35.0 Å². The number of H-pyrrole nitrogens is 1. The molecular weight excluding hydrogens is 498 g/mol. The number of carbonyl (C=O) groups is 2. The van der Waals surface area contributed by atoms with Gasteiger partial charge in [0, 0.05) is 34.7 Å². The van der Waals surface area contributed by atoms with Gasteiger partial charge in [0.2, 0.25) is 5.91 Å². The van der Waals surface area contributed by atoms with Crippen molar-refractivity contribution in [2.45, 2.75) is 37.9 Å². The predicted molar refractivity (Wildman–Crippen MR) is 141 cm³/mol. The Morgan fingerprint density at radius 3 is 2.94 bits per heavy atom. The van der Waals surface area contributed by atoms with E-state index in [1.165, 1.54) is 23.1 Å². The van der Waals surface area contributed by atoms with E-state index in [0.29, 0.717) is 41.3 Å². The number of hydrogen-bond acceptors (Lipinski definition) is 8. The SMILES string of the molecule is CCOC(=O)c1c(NC(=O)CSc2nnc(-c3c[nH]c4ccccc34)n2CCOC)sc2c1CCC2. The Morgan fingerprint density at radius 2 is 2.11 bits per heavy atom. The molecule has 11 heteroatoms. The Bertz CT molecular complexity index is 1410. The fourth-order valence-electron chi connectivity index (χ4n) is 4.44. The van der Waals surface area contributed by atoms with Crippen molar-refractivity contribution in [2.75, 3.05) is 31.4 Å². The molecule has 0 bridgehead atoms. The number of aromatic amines is 1. The van der Waals surface area contributed by atoms with E-state index in [-0.39, 0.29) is 17.6 Å². The van der Waals surface area contributed by atoms with Crippen LogP contribution in [0.4, 0.5) is 5.00 Å². The number of anilines is 1. The van der Waals surface area contributed by atoms with Crippen molar-refractivity contribution in [3.63, 3.8) is 0 Å². The van der Waals surface area contributed by atoms with Crippen LogP contribution >= 0.6 is 23.1 Å². The molecule has 0 fully saturated rings. The van der Waals surface area contributed by atoms with Gasteiger partial charge < -0.3 is 19.8 Å². The third kappa shape index (κ3) is 4.78. The van der Waals surface area contributed by atoms with E-state index in [9.17, 15) is 9.59 Å². The maximum Gasteiger partial charge on any atom is 0.341 e. The summed E-state index contributed by atoms with van der Waals surface area (Å²) < 4.78 is 12.5. The summed E-state index contributed by atoms with van der Waals surface area (Å²) in [6.07, 6.45) is 4.71. The zero-order chi connectivity index (χ0) is 25.1. The summed E-state index contributed by atoms with van der Waals surface area (Å²) in [5, 5.41) is 14.0. The highest BCUT2D eigenvalue weighted by Gasteiger charge is 2.28. The Kier molecular flexibility index (Phi) is 7.40. The van der Waals surface area contributed by atoms with Crippen LogP contribution in [-0.2, 0) is 33.7 Å². The van der Waals surface area contributed by atoms with Gasteiger partial charge in [-0.2, -0.15) is 0 Å². The van der Waals surface area contributed by atoms with E-state index >= 15 is 0 Å². The molecule has 3 heterocycles. The Labute approximate surface area is 216 Å². The number of carbonyl (C=O) groups excluding carboxylic acids is 2. The molecule has 1 aromatic carbocycles. The van der Waals surface area contributed by atoms with Crippen LogP contribution in [0.3, 0.4) is 0 Å². The quantitative estimate of drug-likeness (QED) is 0.231. The van der Waals surface area contributed by atoms with Crippen LogP contribution in [0.1, 0.15) is 34.1 Å². The third-order valence-corrected chi connectivity index (χ3v) is 8.23. The molecule has 0 atom stereocenters. The second kappa shape index (κ2) is 10.9. The Morgan fingerprint density at radius 1 is 1.25 bits per heavy atom. The van der Waals surface area contributed by atoms with Gasteiger partial charge >= 0.3 is 5.97 Å². The van der Waals surface area contributed by atoms with E-state index < -0.39 is 0 Å². The molecule has 5 rings (SSSR count). The number of aromatic nitrogens is 4. The molecule has 0 aliphatic heterocycles. The number of rotatable bonds is 10. The van der Waals surface area contributed by atoms with Gasteiger partial charge in [-0.3, -0.25) is 9.36 Å². The van der Waals surface area contributed by atoms with E-state index in [4.69, 9.17) is 9.47 Å². The minimum atomic E-state index is -0.373. The number of amides is 1. The van der Waals surface area contributed by atoms with Gasteiger partial charge in [-0.05, 0) is 37.8 Å². The van der Waals surface area contributed by atoms with Crippen LogP contribution in [0.25, 0.3) is 22.3 Å². The minimum absolute atomic E-state index is 0.129. The van der Waals surface area contributed by atoms with Gasteiger partial charge in [0.15, 0.2) is 11.0 Å². The molecule has 4 aromatic rings. The molecule has 1 aliphatic carbocycles. The first-order valence-corrected chi connectivity index (χ1v) is 13.6. The van der Waals surface area contributed by atoms with Crippen molar-refractivity contribution >= 4 is 50.9 Å². The number of thioether (sulfide) groups is 1. The zero-order valence-electron chi connectivity index (χ0n) is 20.1. The summed E-state index contributed by atoms with van der Waals surface area (Å²) in [4.78, 5) is 29.9. The smallest absolute Gasteiger partial charge is 0.341 e. The normalized spacial score (nSPS) is 12.7. The number of hydrogen-bond donors (Lipinski definition) is 2. The number of aryl methyl sites for hydroxylation is 1. The van der Waals surface area contributed by atoms with Crippen LogP contribution in [0.2, 0.25) is 0 Å². The maximum absolute atomic E-state index is 12.9. The van der Waals surface area contributed by atoms with Crippen molar-refractivity contribution in [1.29, 1.82) is 0 Å². The number of methoxy groups -OCH3 is 1. The zero-order valence-corrected chi connectivity index (χ0v) is 21.8. The van der Waals surface area contributed by atoms with Crippen LogP contribution < -0.4 is 5.32 Å². The average Bonchev–Trinajstić information content (AvgIpc) is 3.64. The first-order chi connectivity index (χ1) is 17.6. The summed E-state index contributed by atoms with van der Waals surface area (Å²) in [7, 11) is 1.65. The van der Waals surface area contributed by atoms with Crippen molar-refractivity contribution < 1.29 is 19.1 Å². The lowest BCUT2D eigenvalue weighted by atomic mass is 10.1. The average molecular weight is 526 g/mol. The highest BCUT2D eigenvalue weighted by molar-refractivity contribution is 7.99. The fraction of sp³-hybridized carbons (Fsp3) is 0.360. The number of ether oxygens (including phenoxy) is 2. The fourth-order valence-corrected chi connectivity index (χ4v) is 6.50. The number of esters is 1. The highest BCUT2D eigenvalue weighted by Crippen LogP contribution is 2.39. The van der Waals surface area contributed by atoms with Crippen LogP contribution in [0.5, 0.6) is 0 Å². The van der Waals surface area contributed by atoms with Gasteiger partial charge in [-0.25, -0.2) is 4.79 Å². The van der Waals surface area contributed by atoms with E-state index in [1.54, 1.807) is 14.0 Å². The third-order valence-electron chi connectivity index (χ3n) is 6.05. The van der Waals surface area contributed by atoms with Crippen molar-refractivity contribution in [3.8, 4) is 11.4 Å². The van der Waals surface area contributed by atoms with Crippen LogP contribution in [0, 0.1) is 0 Å². The van der Waals surface area contributed by atoms with Crippen molar-refractivity contribution in [1.82, 2.24) is 19.7 Å². The lowest BCUT2D eigenvalue weighted by Crippen LogP contribution is -2.17. The number of nitrogens with one attached hydrogen (secondary N) is 2. The van der Waals surface area contributed by atoms with Crippen LogP contribution in [0.15, 0.2) is 35.6 Å². The number of thiophene rings is 1. The summed E-state index contributed by atoms with van der Waals surface area (Å²) in [5.74, 6) is 0.263. The number of nitrogens with zero attached hydrogens (tertiary/aromatic N) is 3. The second-order valence-corrected chi connectivity index (χ2v) is 10.4. The van der Waals surface area contributed by atoms with Gasteiger partial charge in [0.05, 0.1) is 31.1 Å². The monoisotopic (exact) mass is 525 g/mol. The summed E-state index contributed by atoms with van der Waals surface area (Å²) in [5.41, 5.74) is 3.49. The molecule has 3 aromatic heterocycles. The van der Waals surface area contributed by atoms with Crippen molar-refractivity contribution in [2.24, 2.45) is 0 Å². The lowest BCUT2D eigenvalue weighted by Gasteiger charge is -2.10. The standard InChI is InChI=1S/C25H27N5O4S2/c1-3-34-24(32)21-16-8-6-10-19(16)36-23(21)27-20(31)14-35-25-29-28-22(30(25)11-12-33-2)17-13-26-18-9-5-4-7-15(17)18/h4-5,7,9,13,26H,3,6,8,10-12,14H2,1-2H3,(H,27,31). The molecule has 36 heavy (non-hydrogen) atoms. The van der Waals surface area contributed by atoms with Gasteiger partial charge in [0.1, 0.15) is 5.00 Å². The largest absolute Gasteiger partial charge is 0.462 e. The van der Waals surface area contributed by atoms with Gasteiger partial charge in [-0.15, -0.1) is 21.5 Å². The first-order valence-electron chi connectivity index (χ1n) is 11.8. The van der Waals surface area contributed by atoms with Gasteiger partial charge in [0.25, 0.3) is 0 Å². The lowest BCUT2D eigenvalue weighted by molar-refractivity contribution is -0.113. The number of benzene rings is 1. The molecule has 0 radical (unpaired) electrons. The Balaban J connectivity index is 1.34. The molecule has 9 nitrogen and oxygen atoms in total. The summed E-state index contributed by atoms with van der Waals surface area (Å²) >= 11 is 2.78. The second-order valence-electron chi connectivity index (χ2n) is 8.32. The topological polar surface area (TPSA) is 111 Å². The first kappa shape index (κ1) is 24.5. The molecule has 1 amide bonds. The molecular formula is C25H27N5O4S2. The van der Waals surface area contributed by atoms with Crippen molar-refractivity contribution in [3.05, 3.63) is 46.5 Å². The number of para-hydroxylation sites is 1. The molecule has 0 saturated heterocycles. The molecule has 0 saturated carbocycles. The van der Waals surface area contributed by atoms with E-state index in [0.717, 1.165) is 46.2 Å². The van der Waals surface area contributed by atoms with Crippen LogP contribution in [-0.4, -0.2) is 57.7 Å². The molecule has 2 N–H and O–H groups in total. The molecule has 188 valence electrons. The maximum atomic E-state index is 12.9. The summed E-state index contributed by atoms with van der Waals surface area (Å²) in [6, 6.07) is 8.02. The number of fused-ring (bicyclic) bond motifs is 2. The summed E-state index contributed by atoms with van der Waals surface area (Å²) in [6.45, 7) is 3.11. The highest BCUT2D eigenvalue weighted by atomic mass is 32.2. The minimum Gasteiger partial charge on any atom is -0.462 e.